The van der Waals surface area contributed by atoms with Gasteiger partial charge in [0.2, 0.25) is 5.91 Å². The van der Waals surface area contributed by atoms with Gasteiger partial charge in [-0.25, -0.2) is 0 Å². The molecule has 3 unspecified atom stereocenters. The van der Waals surface area contributed by atoms with E-state index in [2.05, 4.69) is 29.1 Å². The van der Waals surface area contributed by atoms with Gasteiger partial charge in [-0.15, -0.1) is 0 Å². The first-order chi connectivity index (χ1) is 9.29. The second-order valence-corrected chi connectivity index (χ2v) is 6.09. The molecule has 104 valence electrons. The topological polar surface area (TPSA) is 41.6 Å². The monoisotopic (exact) mass is 280 g/mol. The smallest absolute Gasteiger partial charge is 0.241 e. The van der Waals surface area contributed by atoms with Crippen molar-refractivity contribution in [3.8, 4) is 0 Å². The summed E-state index contributed by atoms with van der Waals surface area (Å²) in [5.41, 5.74) is 1.20. The fourth-order valence-corrected chi connectivity index (χ4v) is 3.56. The zero-order valence-electron chi connectivity index (χ0n) is 11.2. The van der Waals surface area contributed by atoms with Crippen LogP contribution in [0.5, 0.6) is 0 Å². The lowest BCUT2D eigenvalue weighted by atomic mass is 10.1. The Bertz CT molecular complexity index is 429. The van der Waals surface area contributed by atoms with Gasteiger partial charge in [0.05, 0.1) is 12.6 Å². The molecule has 1 aromatic heterocycles. The maximum Gasteiger partial charge on any atom is 0.241 e. The number of nitrogens with one attached hydrogen (secondary N) is 1. The predicted octanol–water partition coefficient (Wildman–Crippen LogP) is 1.99. The van der Waals surface area contributed by atoms with Crippen molar-refractivity contribution in [1.29, 1.82) is 0 Å². The van der Waals surface area contributed by atoms with Crippen LogP contribution in [0.3, 0.4) is 0 Å². The molecule has 3 heterocycles. The van der Waals surface area contributed by atoms with Crippen LogP contribution in [0.15, 0.2) is 16.8 Å². The highest BCUT2D eigenvalue weighted by Crippen LogP contribution is 2.30. The van der Waals surface area contributed by atoms with Gasteiger partial charge in [0, 0.05) is 19.1 Å². The SMILES string of the molecule is CCC1NC(c2ccsc2)N(CC2CCOC2)C1=O. The molecule has 2 aliphatic rings. The normalized spacial score (nSPS) is 31.3. The van der Waals surface area contributed by atoms with Gasteiger partial charge in [-0.3, -0.25) is 10.1 Å². The third-order valence-electron chi connectivity index (χ3n) is 4.00. The summed E-state index contributed by atoms with van der Waals surface area (Å²) in [6.07, 6.45) is 1.96. The van der Waals surface area contributed by atoms with Gasteiger partial charge in [0.15, 0.2) is 0 Å². The van der Waals surface area contributed by atoms with Crippen LogP contribution in [0.2, 0.25) is 0 Å². The van der Waals surface area contributed by atoms with Crippen molar-refractivity contribution in [2.75, 3.05) is 19.8 Å². The molecule has 1 N–H and O–H groups in total. The molecule has 4 nitrogen and oxygen atoms in total. The fraction of sp³-hybridized carbons (Fsp3) is 0.643. The molecule has 1 aromatic rings. The van der Waals surface area contributed by atoms with Crippen LogP contribution in [0.25, 0.3) is 0 Å². The molecule has 0 bridgehead atoms. The van der Waals surface area contributed by atoms with Crippen LogP contribution in [-0.4, -0.2) is 36.6 Å². The molecular formula is C14H20N2O2S. The van der Waals surface area contributed by atoms with Crippen LogP contribution < -0.4 is 5.32 Å². The highest BCUT2D eigenvalue weighted by molar-refractivity contribution is 7.07. The average molecular weight is 280 g/mol. The number of carbonyl (C=O) groups excluding carboxylic acids is 1. The zero-order chi connectivity index (χ0) is 13.2. The van der Waals surface area contributed by atoms with Gasteiger partial charge in [-0.2, -0.15) is 11.3 Å². The van der Waals surface area contributed by atoms with Gasteiger partial charge < -0.3 is 9.64 Å². The maximum atomic E-state index is 12.5. The van der Waals surface area contributed by atoms with E-state index in [4.69, 9.17) is 4.74 Å². The lowest BCUT2D eigenvalue weighted by Crippen LogP contribution is -2.35. The first kappa shape index (κ1) is 13.1. The van der Waals surface area contributed by atoms with Gasteiger partial charge >= 0.3 is 0 Å². The van der Waals surface area contributed by atoms with Crippen LogP contribution in [0.1, 0.15) is 31.5 Å². The second-order valence-electron chi connectivity index (χ2n) is 5.31. The van der Waals surface area contributed by atoms with Crippen molar-refractivity contribution in [2.45, 2.75) is 32.0 Å². The third kappa shape index (κ3) is 2.55. The van der Waals surface area contributed by atoms with Crippen molar-refractivity contribution in [2.24, 2.45) is 5.92 Å². The third-order valence-corrected chi connectivity index (χ3v) is 4.70. The molecule has 0 aliphatic carbocycles. The minimum absolute atomic E-state index is 0.0350. The van der Waals surface area contributed by atoms with Crippen molar-refractivity contribution >= 4 is 17.2 Å². The zero-order valence-corrected chi connectivity index (χ0v) is 12.0. The Balaban J connectivity index is 1.77. The van der Waals surface area contributed by atoms with Crippen LogP contribution >= 0.6 is 11.3 Å². The van der Waals surface area contributed by atoms with E-state index in [1.54, 1.807) is 11.3 Å². The first-order valence-corrected chi connectivity index (χ1v) is 7.90. The minimum atomic E-state index is -0.0350. The summed E-state index contributed by atoms with van der Waals surface area (Å²) in [6, 6.07) is 2.07. The van der Waals surface area contributed by atoms with Gasteiger partial charge in [0.25, 0.3) is 0 Å². The summed E-state index contributed by atoms with van der Waals surface area (Å²) in [6.45, 7) is 4.49. The van der Waals surface area contributed by atoms with Crippen LogP contribution in [0.4, 0.5) is 0 Å². The molecule has 2 fully saturated rings. The van der Waals surface area contributed by atoms with Crippen LogP contribution in [0, 0.1) is 5.92 Å². The Kier molecular flexibility index (Phi) is 3.86. The molecule has 0 radical (unpaired) electrons. The van der Waals surface area contributed by atoms with E-state index >= 15 is 0 Å². The van der Waals surface area contributed by atoms with E-state index in [1.807, 2.05) is 4.90 Å². The summed E-state index contributed by atoms with van der Waals surface area (Å²) < 4.78 is 5.43. The lowest BCUT2D eigenvalue weighted by Gasteiger charge is -2.26. The van der Waals surface area contributed by atoms with Gasteiger partial charge in [-0.1, -0.05) is 6.92 Å². The average Bonchev–Trinajstić information content (AvgIpc) is 3.13. The van der Waals surface area contributed by atoms with Gasteiger partial charge in [-0.05, 0) is 35.2 Å². The molecule has 2 aliphatic heterocycles. The van der Waals surface area contributed by atoms with E-state index in [9.17, 15) is 4.79 Å². The van der Waals surface area contributed by atoms with E-state index < -0.39 is 0 Å². The molecule has 3 atom stereocenters. The number of ether oxygens (including phenoxy) is 1. The Morgan fingerprint density at radius 1 is 1.58 bits per heavy atom. The van der Waals surface area contributed by atoms with Gasteiger partial charge in [0.1, 0.15) is 6.17 Å². The van der Waals surface area contributed by atoms with E-state index in [0.717, 1.165) is 32.6 Å². The van der Waals surface area contributed by atoms with E-state index in [1.165, 1.54) is 5.56 Å². The first-order valence-electron chi connectivity index (χ1n) is 6.96. The summed E-state index contributed by atoms with van der Waals surface area (Å²) in [4.78, 5) is 14.5. The summed E-state index contributed by atoms with van der Waals surface area (Å²) in [7, 11) is 0. The Hall–Kier alpha value is -0.910. The highest BCUT2D eigenvalue weighted by Gasteiger charge is 2.39. The van der Waals surface area contributed by atoms with Crippen molar-refractivity contribution in [3.05, 3.63) is 22.4 Å². The quantitative estimate of drug-likeness (QED) is 0.917. The molecule has 19 heavy (non-hydrogen) atoms. The maximum absolute atomic E-state index is 12.5. The van der Waals surface area contributed by atoms with Crippen molar-refractivity contribution < 1.29 is 9.53 Å². The number of rotatable bonds is 4. The van der Waals surface area contributed by atoms with Crippen molar-refractivity contribution in [1.82, 2.24) is 10.2 Å². The molecule has 3 rings (SSSR count). The molecule has 0 aromatic carbocycles. The van der Waals surface area contributed by atoms with Crippen molar-refractivity contribution in [3.63, 3.8) is 0 Å². The minimum Gasteiger partial charge on any atom is -0.381 e. The Labute approximate surface area is 117 Å². The number of nitrogens with zero attached hydrogens (tertiary/aromatic N) is 1. The number of thiophene rings is 1. The molecule has 1 amide bonds. The molecule has 5 heteroatoms. The highest BCUT2D eigenvalue weighted by atomic mass is 32.1. The largest absolute Gasteiger partial charge is 0.381 e. The summed E-state index contributed by atoms with van der Waals surface area (Å²) in [5.74, 6) is 0.730. The number of carbonyl (C=O) groups is 1. The Morgan fingerprint density at radius 2 is 2.47 bits per heavy atom. The number of hydrogen-bond acceptors (Lipinski definition) is 4. The number of hydrogen-bond donors (Lipinski definition) is 1. The fourth-order valence-electron chi connectivity index (χ4n) is 2.88. The second kappa shape index (κ2) is 5.61. The Morgan fingerprint density at radius 3 is 3.11 bits per heavy atom. The summed E-state index contributed by atoms with van der Waals surface area (Å²) in [5, 5.41) is 7.65. The van der Waals surface area contributed by atoms with E-state index in [0.29, 0.717) is 5.92 Å². The lowest BCUT2D eigenvalue weighted by molar-refractivity contribution is -0.130. The molecule has 2 saturated heterocycles. The molecular weight excluding hydrogens is 260 g/mol. The van der Waals surface area contributed by atoms with E-state index in [-0.39, 0.29) is 18.1 Å². The standard InChI is InChI=1S/C14H20N2O2S/c1-2-12-14(17)16(7-10-3-5-18-8-10)13(15-12)11-4-6-19-9-11/h4,6,9-10,12-13,15H,2-3,5,7-8H2,1H3. The number of amides is 1. The summed E-state index contributed by atoms with van der Waals surface area (Å²) >= 11 is 1.68. The van der Waals surface area contributed by atoms with Crippen LogP contribution in [-0.2, 0) is 9.53 Å². The molecule has 0 spiro atoms. The predicted molar refractivity (Wildman–Crippen MR) is 74.9 cm³/mol. The molecule has 0 saturated carbocycles.